The van der Waals surface area contributed by atoms with Gasteiger partial charge in [0.05, 0.1) is 17.7 Å². The Balaban J connectivity index is 1.94. The number of hydrogen-bond acceptors (Lipinski definition) is 3. The average Bonchev–Trinajstić information content (AvgIpc) is 2.58. The number of halogens is 1. The summed E-state index contributed by atoms with van der Waals surface area (Å²) < 4.78 is 18.2. The molecular weight excluding hydrogens is 283 g/mol. The third kappa shape index (κ3) is 4.32. The van der Waals surface area contributed by atoms with Gasteiger partial charge in [0.25, 0.3) is 0 Å². The van der Waals surface area contributed by atoms with Crippen molar-refractivity contribution in [3.05, 3.63) is 71.3 Å². The van der Waals surface area contributed by atoms with E-state index in [1.165, 1.54) is 0 Å². The molecular formula is C17H15FN2O2. The van der Waals surface area contributed by atoms with E-state index in [2.05, 4.69) is 5.32 Å². The summed E-state index contributed by atoms with van der Waals surface area (Å²) in [5.41, 5.74) is 1.79. The first-order valence-corrected chi connectivity index (χ1v) is 6.76. The van der Waals surface area contributed by atoms with Gasteiger partial charge in [-0.2, -0.15) is 5.26 Å². The highest BCUT2D eigenvalue weighted by molar-refractivity contribution is 5.68. The number of amides is 1. The van der Waals surface area contributed by atoms with Crippen LogP contribution < -0.4 is 5.32 Å². The SMILES string of the molecule is N#Cc1cccc(C(CF)NC(=O)OCc2ccccc2)c1. The van der Waals surface area contributed by atoms with E-state index >= 15 is 0 Å². The zero-order valence-corrected chi connectivity index (χ0v) is 11.8. The number of alkyl halides is 1. The summed E-state index contributed by atoms with van der Waals surface area (Å²) in [5, 5.41) is 11.3. The van der Waals surface area contributed by atoms with Gasteiger partial charge in [-0.3, -0.25) is 0 Å². The van der Waals surface area contributed by atoms with E-state index in [0.717, 1.165) is 5.56 Å². The van der Waals surface area contributed by atoms with Crippen LogP contribution in [0.4, 0.5) is 9.18 Å². The van der Waals surface area contributed by atoms with E-state index in [0.29, 0.717) is 11.1 Å². The van der Waals surface area contributed by atoms with Gasteiger partial charge in [-0.05, 0) is 23.3 Å². The van der Waals surface area contributed by atoms with Crippen molar-refractivity contribution in [1.29, 1.82) is 5.26 Å². The topological polar surface area (TPSA) is 62.1 Å². The number of nitrogens with zero attached hydrogens (tertiary/aromatic N) is 1. The normalized spacial score (nSPS) is 11.3. The van der Waals surface area contributed by atoms with Crippen LogP contribution in [-0.2, 0) is 11.3 Å². The van der Waals surface area contributed by atoms with Crippen LogP contribution in [0, 0.1) is 11.3 Å². The minimum Gasteiger partial charge on any atom is -0.445 e. The second-order valence-electron chi connectivity index (χ2n) is 4.65. The molecule has 5 heteroatoms. The molecule has 1 unspecified atom stereocenters. The number of ether oxygens (including phenoxy) is 1. The molecule has 1 amide bonds. The average molecular weight is 298 g/mol. The molecule has 0 saturated heterocycles. The summed E-state index contributed by atoms with van der Waals surface area (Å²) in [6.07, 6.45) is -0.700. The van der Waals surface area contributed by atoms with Crippen LogP contribution in [0.1, 0.15) is 22.7 Å². The van der Waals surface area contributed by atoms with Crippen molar-refractivity contribution in [2.75, 3.05) is 6.67 Å². The highest BCUT2D eigenvalue weighted by Gasteiger charge is 2.15. The van der Waals surface area contributed by atoms with Crippen LogP contribution >= 0.6 is 0 Å². The van der Waals surface area contributed by atoms with Crippen molar-refractivity contribution in [3.8, 4) is 6.07 Å². The highest BCUT2D eigenvalue weighted by Crippen LogP contribution is 2.15. The fraction of sp³-hybridized carbons (Fsp3) is 0.176. The largest absolute Gasteiger partial charge is 0.445 e. The summed E-state index contributed by atoms with van der Waals surface area (Å²) >= 11 is 0. The molecule has 0 aromatic heterocycles. The molecule has 0 spiro atoms. The fourth-order valence-corrected chi connectivity index (χ4v) is 1.94. The van der Waals surface area contributed by atoms with Crippen LogP contribution in [0.5, 0.6) is 0 Å². The van der Waals surface area contributed by atoms with Crippen molar-refractivity contribution >= 4 is 6.09 Å². The Morgan fingerprint density at radius 2 is 2.00 bits per heavy atom. The third-order valence-corrected chi connectivity index (χ3v) is 3.08. The second-order valence-corrected chi connectivity index (χ2v) is 4.65. The molecule has 0 fully saturated rings. The number of hydrogen-bond donors (Lipinski definition) is 1. The van der Waals surface area contributed by atoms with Gasteiger partial charge in [0, 0.05) is 0 Å². The summed E-state index contributed by atoms with van der Waals surface area (Å²) in [4.78, 5) is 11.7. The van der Waals surface area contributed by atoms with E-state index in [4.69, 9.17) is 10.00 Å². The van der Waals surface area contributed by atoms with Gasteiger partial charge in [0.2, 0.25) is 0 Å². The Kier molecular flexibility index (Phi) is 5.50. The van der Waals surface area contributed by atoms with E-state index < -0.39 is 18.8 Å². The lowest BCUT2D eigenvalue weighted by molar-refractivity contribution is 0.133. The van der Waals surface area contributed by atoms with E-state index in [9.17, 15) is 9.18 Å². The van der Waals surface area contributed by atoms with Gasteiger partial charge in [-0.15, -0.1) is 0 Å². The van der Waals surface area contributed by atoms with Crippen molar-refractivity contribution < 1.29 is 13.9 Å². The molecule has 0 heterocycles. The Morgan fingerprint density at radius 1 is 1.23 bits per heavy atom. The Bertz CT molecular complexity index is 668. The molecule has 0 saturated carbocycles. The van der Waals surface area contributed by atoms with Gasteiger partial charge >= 0.3 is 6.09 Å². The predicted molar refractivity (Wildman–Crippen MR) is 79.6 cm³/mol. The van der Waals surface area contributed by atoms with Crippen LogP contribution in [0.2, 0.25) is 0 Å². The first-order valence-electron chi connectivity index (χ1n) is 6.76. The fourth-order valence-electron chi connectivity index (χ4n) is 1.94. The monoisotopic (exact) mass is 298 g/mol. The Morgan fingerprint density at radius 3 is 2.68 bits per heavy atom. The van der Waals surface area contributed by atoms with Crippen LogP contribution in [0.3, 0.4) is 0 Å². The quantitative estimate of drug-likeness (QED) is 0.919. The molecule has 1 N–H and O–H groups in total. The molecule has 0 bridgehead atoms. The van der Waals surface area contributed by atoms with Crippen LogP contribution in [0.25, 0.3) is 0 Å². The first kappa shape index (κ1) is 15.5. The lowest BCUT2D eigenvalue weighted by Gasteiger charge is -2.16. The van der Waals surface area contributed by atoms with Crippen molar-refractivity contribution in [3.63, 3.8) is 0 Å². The molecule has 2 rings (SSSR count). The van der Waals surface area contributed by atoms with Gasteiger partial charge in [0.1, 0.15) is 13.3 Å². The minimum absolute atomic E-state index is 0.115. The highest BCUT2D eigenvalue weighted by atomic mass is 19.1. The number of benzene rings is 2. The number of nitrogens with one attached hydrogen (secondary N) is 1. The summed E-state index contributed by atoms with van der Waals surface area (Å²) in [7, 11) is 0. The predicted octanol–water partition coefficient (Wildman–Crippen LogP) is 3.50. The van der Waals surface area contributed by atoms with E-state index in [1.54, 1.807) is 24.3 Å². The zero-order valence-electron chi connectivity index (χ0n) is 11.8. The van der Waals surface area contributed by atoms with E-state index in [1.807, 2.05) is 36.4 Å². The van der Waals surface area contributed by atoms with Crippen molar-refractivity contribution in [2.24, 2.45) is 0 Å². The maximum Gasteiger partial charge on any atom is 0.408 e. The Hall–Kier alpha value is -2.87. The molecule has 2 aromatic rings. The number of alkyl carbamates (subject to hydrolysis) is 1. The van der Waals surface area contributed by atoms with Gasteiger partial charge in [-0.25, -0.2) is 9.18 Å². The summed E-state index contributed by atoms with van der Waals surface area (Å²) in [6.45, 7) is -0.667. The molecule has 4 nitrogen and oxygen atoms in total. The van der Waals surface area contributed by atoms with Crippen LogP contribution in [-0.4, -0.2) is 12.8 Å². The minimum atomic E-state index is -0.837. The number of nitriles is 1. The smallest absolute Gasteiger partial charge is 0.408 e. The van der Waals surface area contributed by atoms with Crippen molar-refractivity contribution in [1.82, 2.24) is 5.32 Å². The number of rotatable bonds is 5. The molecule has 22 heavy (non-hydrogen) atoms. The van der Waals surface area contributed by atoms with E-state index in [-0.39, 0.29) is 6.61 Å². The van der Waals surface area contributed by atoms with Gasteiger partial charge in [0.15, 0.2) is 0 Å². The van der Waals surface area contributed by atoms with Gasteiger partial charge in [-0.1, -0.05) is 42.5 Å². The standard InChI is InChI=1S/C17H15FN2O2/c18-10-16(15-8-4-7-14(9-15)11-19)20-17(21)22-12-13-5-2-1-3-6-13/h1-9,16H,10,12H2,(H,20,21). The molecule has 0 aliphatic rings. The second kappa shape index (κ2) is 7.79. The maximum atomic E-state index is 13.1. The molecule has 1 atom stereocenters. The number of carbonyl (C=O) groups excluding carboxylic acids is 1. The molecule has 0 aliphatic heterocycles. The first-order chi connectivity index (χ1) is 10.7. The zero-order chi connectivity index (χ0) is 15.8. The molecule has 0 aliphatic carbocycles. The third-order valence-electron chi connectivity index (χ3n) is 3.08. The number of carbonyl (C=O) groups is 1. The van der Waals surface area contributed by atoms with Gasteiger partial charge < -0.3 is 10.1 Å². The summed E-state index contributed by atoms with van der Waals surface area (Å²) in [6, 6.07) is 16.8. The molecule has 0 radical (unpaired) electrons. The molecule has 2 aromatic carbocycles. The summed E-state index contributed by atoms with van der Waals surface area (Å²) in [5.74, 6) is 0. The van der Waals surface area contributed by atoms with Crippen molar-refractivity contribution in [2.45, 2.75) is 12.6 Å². The lowest BCUT2D eigenvalue weighted by atomic mass is 10.1. The Labute approximate surface area is 128 Å². The maximum absolute atomic E-state index is 13.1. The lowest BCUT2D eigenvalue weighted by Crippen LogP contribution is -2.30. The van der Waals surface area contributed by atoms with Crippen LogP contribution in [0.15, 0.2) is 54.6 Å². The molecule has 112 valence electrons.